The number of esters is 1. The van der Waals surface area contributed by atoms with Crippen molar-refractivity contribution in [2.45, 2.75) is 71.2 Å². The van der Waals surface area contributed by atoms with Crippen molar-refractivity contribution in [3.05, 3.63) is 11.6 Å². The van der Waals surface area contributed by atoms with Gasteiger partial charge in [0.15, 0.2) is 8.32 Å². The number of ether oxygens (including phenoxy) is 1. The van der Waals surface area contributed by atoms with Gasteiger partial charge in [-0.2, -0.15) is 0 Å². The van der Waals surface area contributed by atoms with Crippen molar-refractivity contribution in [2.75, 3.05) is 6.61 Å². The molecule has 0 aromatic rings. The van der Waals surface area contributed by atoms with Crippen molar-refractivity contribution in [1.29, 1.82) is 0 Å². The normalized spacial score (nSPS) is 20.4. The highest BCUT2D eigenvalue weighted by atomic mass is 28.4. The monoisotopic (exact) mass is 284 g/mol. The summed E-state index contributed by atoms with van der Waals surface area (Å²) in [5.41, 5.74) is 0.833. The van der Waals surface area contributed by atoms with E-state index >= 15 is 0 Å². The van der Waals surface area contributed by atoms with Gasteiger partial charge in [0.05, 0.1) is 0 Å². The van der Waals surface area contributed by atoms with Crippen molar-refractivity contribution in [1.82, 2.24) is 0 Å². The van der Waals surface area contributed by atoms with Gasteiger partial charge in [-0.05, 0) is 50.4 Å². The zero-order valence-corrected chi connectivity index (χ0v) is 14.2. The van der Waals surface area contributed by atoms with Crippen molar-refractivity contribution >= 4 is 14.3 Å². The van der Waals surface area contributed by atoms with Crippen LogP contribution in [-0.2, 0) is 14.0 Å². The minimum Gasteiger partial charge on any atom is -0.455 e. The number of unbranched alkanes of at least 4 members (excludes halogenated alkanes) is 1. The van der Waals surface area contributed by atoms with E-state index in [0.29, 0.717) is 0 Å². The molecule has 0 aromatic heterocycles. The molecule has 0 unspecified atom stereocenters. The van der Waals surface area contributed by atoms with E-state index in [0.717, 1.165) is 31.4 Å². The van der Waals surface area contributed by atoms with Crippen LogP contribution in [0.3, 0.4) is 0 Å². The van der Waals surface area contributed by atoms with Crippen LogP contribution >= 0.6 is 0 Å². The Balaban J connectivity index is 2.22. The van der Waals surface area contributed by atoms with E-state index in [1.54, 1.807) is 0 Å². The Kier molecular flexibility index (Phi) is 5.39. The molecule has 1 aliphatic heterocycles. The number of carbonyl (C=O) groups is 1. The van der Waals surface area contributed by atoms with Gasteiger partial charge in [0.2, 0.25) is 0 Å². The van der Waals surface area contributed by atoms with Gasteiger partial charge in [0.25, 0.3) is 0 Å². The summed E-state index contributed by atoms with van der Waals surface area (Å²) in [5, 5.41) is 0.264. The third-order valence-corrected chi connectivity index (χ3v) is 8.64. The maximum absolute atomic E-state index is 11.4. The number of carbonyl (C=O) groups excluding carboxylic acids is 1. The van der Waals surface area contributed by atoms with Crippen LogP contribution in [0.4, 0.5) is 0 Å². The Morgan fingerprint density at radius 3 is 2.42 bits per heavy atom. The van der Waals surface area contributed by atoms with E-state index in [2.05, 4.69) is 33.9 Å². The number of hydrogen-bond acceptors (Lipinski definition) is 3. The Morgan fingerprint density at radius 2 is 1.95 bits per heavy atom. The lowest BCUT2D eigenvalue weighted by atomic mass is 10.1. The average Bonchev–Trinajstić information content (AvgIpc) is 2.55. The first-order chi connectivity index (χ1) is 8.63. The molecule has 0 N–H and O–H groups in total. The van der Waals surface area contributed by atoms with Crippen molar-refractivity contribution in [3.63, 3.8) is 0 Å². The Labute approximate surface area is 118 Å². The third-order valence-electron chi connectivity index (χ3n) is 4.10. The van der Waals surface area contributed by atoms with E-state index < -0.39 is 8.32 Å². The second-order valence-corrected chi connectivity index (χ2v) is 11.7. The summed E-state index contributed by atoms with van der Waals surface area (Å²) < 4.78 is 11.2. The summed E-state index contributed by atoms with van der Waals surface area (Å²) in [6, 6.07) is 0. The van der Waals surface area contributed by atoms with E-state index in [9.17, 15) is 4.79 Å². The molecule has 1 atom stereocenters. The van der Waals surface area contributed by atoms with Crippen LogP contribution in [0.1, 0.15) is 47.0 Å². The highest BCUT2D eigenvalue weighted by Gasteiger charge is 2.36. The maximum atomic E-state index is 11.4. The minimum atomic E-state index is -1.62. The summed E-state index contributed by atoms with van der Waals surface area (Å²) in [6.07, 6.45) is 4.68. The molecule has 1 heterocycles. The third kappa shape index (κ3) is 4.77. The molecule has 1 aliphatic rings. The predicted octanol–water partition coefficient (Wildman–Crippen LogP) is 4.05. The van der Waals surface area contributed by atoms with Gasteiger partial charge in [-0.15, -0.1) is 0 Å². The van der Waals surface area contributed by atoms with Gasteiger partial charge < -0.3 is 9.16 Å². The predicted molar refractivity (Wildman–Crippen MR) is 80.6 cm³/mol. The fraction of sp³-hybridized carbons (Fsp3) is 0.800. The summed E-state index contributed by atoms with van der Waals surface area (Å²) in [5.74, 6) is -0.141. The summed E-state index contributed by atoms with van der Waals surface area (Å²) in [7, 11) is -1.62. The van der Waals surface area contributed by atoms with Gasteiger partial charge >= 0.3 is 5.97 Å². The van der Waals surface area contributed by atoms with Crippen LogP contribution in [0, 0.1) is 0 Å². The standard InChI is InChI=1S/C15H28O3Si/c1-12-11-13(14(16)18-12)9-7-8-10-17-19(5,6)15(2,3)4/h11-12H,7-10H2,1-6H3/t12-/m0/s1. The molecule has 4 heteroatoms. The molecule has 110 valence electrons. The van der Waals surface area contributed by atoms with Gasteiger partial charge in [-0.25, -0.2) is 4.79 Å². The molecule has 0 amide bonds. The molecule has 0 aromatic carbocycles. The fourth-order valence-electron chi connectivity index (χ4n) is 1.78. The van der Waals surface area contributed by atoms with Crippen molar-refractivity contribution in [2.24, 2.45) is 0 Å². The molecule has 0 fully saturated rings. The second kappa shape index (κ2) is 6.22. The molecule has 0 saturated carbocycles. The Morgan fingerprint density at radius 1 is 1.32 bits per heavy atom. The topological polar surface area (TPSA) is 35.5 Å². The van der Waals surface area contributed by atoms with E-state index in [-0.39, 0.29) is 17.1 Å². The molecule has 0 radical (unpaired) electrons. The minimum absolute atomic E-state index is 0.0500. The molecule has 0 bridgehead atoms. The quantitative estimate of drug-likeness (QED) is 0.419. The van der Waals surface area contributed by atoms with Crippen LogP contribution in [-0.4, -0.2) is 27.0 Å². The molecule has 19 heavy (non-hydrogen) atoms. The average molecular weight is 284 g/mol. The lowest BCUT2D eigenvalue weighted by Gasteiger charge is -2.36. The van der Waals surface area contributed by atoms with E-state index in [4.69, 9.17) is 9.16 Å². The first-order valence-electron chi connectivity index (χ1n) is 7.19. The second-order valence-electron chi connectivity index (χ2n) is 6.87. The first-order valence-corrected chi connectivity index (χ1v) is 10.1. The first kappa shape index (κ1) is 16.4. The lowest BCUT2D eigenvalue weighted by molar-refractivity contribution is -0.139. The van der Waals surface area contributed by atoms with Gasteiger partial charge in [-0.3, -0.25) is 0 Å². The summed E-state index contributed by atoms with van der Waals surface area (Å²) in [6.45, 7) is 14.0. The zero-order valence-electron chi connectivity index (χ0n) is 13.2. The van der Waals surface area contributed by atoms with Crippen LogP contribution in [0.25, 0.3) is 0 Å². The zero-order chi connectivity index (χ0) is 14.7. The molecule has 0 aliphatic carbocycles. The highest BCUT2D eigenvalue weighted by molar-refractivity contribution is 6.74. The SMILES string of the molecule is C[C@H]1C=C(CCCCO[Si](C)(C)C(C)(C)C)C(=O)O1. The van der Waals surface area contributed by atoms with Crippen LogP contribution in [0.15, 0.2) is 11.6 Å². The Hall–Kier alpha value is -0.613. The molecule has 3 nitrogen and oxygen atoms in total. The van der Waals surface area contributed by atoms with Gasteiger partial charge in [-0.1, -0.05) is 20.8 Å². The van der Waals surface area contributed by atoms with Crippen LogP contribution < -0.4 is 0 Å². The number of cyclic esters (lactones) is 1. The van der Waals surface area contributed by atoms with Crippen molar-refractivity contribution in [3.8, 4) is 0 Å². The van der Waals surface area contributed by atoms with Crippen LogP contribution in [0.5, 0.6) is 0 Å². The van der Waals surface area contributed by atoms with Crippen LogP contribution in [0.2, 0.25) is 18.1 Å². The summed E-state index contributed by atoms with van der Waals surface area (Å²) in [4.78, 5) is 11.4. The molecule has 1 rings (SSSR count). The molecular weight excluding hydrogens is 256 g/mol. The fourth-order valence-corrected chi connectivity index (χ4v) is 2.86. The lowest BCUT2D eigenvalue weighted by Crippen LogP contribution is -2.40. The number of hydrogen-bond donors (Lipinski definition) is 0. The van der Waals surface area contributed by atoms with E-state index in [1.807, 2.05) is 13.0 Å². The molecule has 0 saturated heterocycles. The largest absolute Gasteiger partial charge is 0.455 e. The molecule has 0 spiro atoms. The summed E-state index contributed by atoms with van der Waals surface area (Å²) >= 11 is 0. The van der Waals surface area contributed by atoms with E-state index in [1.165, 1.54) is 0 Å². The van der Waals surface area contributed by atoms with Gasteiger partial charge in [0.1, 0.15) is 6.10 Å². The Bertz CT molecular complexity index is 353. The highest BCUT2D eigenvalue weighted by Crippen LogP contribution is 2.36. The smallest absolute Gasteiger partial charge is 0.334 e. The van der Waals surface area contributed by atoms with Crippen molar-refractivity contribution < 1.29 is 14.0 Å². The number of rotatable bonds is 6. The molecular formula is C15H28O3Si. The van der Waals surface area contributed by atoms with Gasteiger partial charge in [0, 0.05) is 12.2 Å². The maximum Gasteiger partial charge on any atom is 0.334 e.